The van der Waals surface area contributed by atoms with Crippen LogP contribution in [-0.2, 0) is 22.4 Å². The second-order valence-electron chi connectivity index (χ2n) is 10.1. The Hall–Kier alpha value is -4.29. The number of carbonyl (C=O) groups excluding carboxylic acids is 4. The van der Waals surface area contributed by atoms with Gasteiger partial charge in [0.2, 0.25) is 0 Å². The summed E-state index contributed by atoms with van der Waals surface area (Å²) in [6, 6.07) is 16.6. The number of phenols is 1. The number of esters is 1. The zero-order valence-electron chi connectivity index (χ0n) is 22.7. The molecule has 41 heavy (non-hydrogen) atoms. The molecule has 9 heteroatoms. The molecule has 1 unspecified atom stereocenters. The van der Waals surface area contributed by atoms with Gasteiger partial charge in [0.05, 0.1) is 6.42 Å². The van der Waals surface area contributed by atoms with Crippen molar-refractivity contribution in [3.8, 4) is 11.5 Å². The van der Waals surface area contributed by atoms with Gasteiger partial charge in [-0.2, -0.15) is 0 Å². The van der Waals surface area contributed by atoms with E-state index in [1.54, 1.807) is 30.3 Å². The summed E-state index contributed by atoms with van der Waals surface area (Å²) in [5.74, 6) is 0.317. The van der Waals surface area contributed by atoms with Gasteiger partial charge < -0.3 is 20.5 Å². The average Bonchev–Trinajstić information content (AvgIpc) is 2.96. The number of fused-ring (bicyclic) bond motifs is 2. The first-order valence-corrected chi connectivity index (χ1v) is 14.7. The first-order valence-electron chi connectivity index (χ1n) is 13.7. The van der Waals surface area contributed by atoms with E-state index in [4.69, 9.17) is 4.74 Å². The molecule has 0 saturated carbocycles. The van der Waals surface area contributed by atoms with Crippen molar-refractivity contribution in [2.75, 3.05) is 5.32 Å². The molecule has 8 nitrogen and oxygen atoms in total. The van der Waals surface area contributed by atoms with Gasteiger partial charge in [0.15, 0.2) is 11.3 Å². The maximum atomic E-state index is 13.3. The average molecular weight is 571 g/mol. The molecule has 5 rings (SSSR count). The standard InChI is InChI=1S/C32H31N2O6P/c1-2-3-4-27(36)30-25-14-6-21(31(38)41-24-13-5-19-8-16-29(37)40-28(19)18-24)17-20(25)7-15-26(30)34-32(39)33-22-9-11-23(35)12-10-22/h5-6,9-14,17-18,35,41H,2-4,7-8,15-16H2,1H3,(H2,33,34,39). The van der Waals surface area contributed by atoms with Crippen LogP contribution in [0, 0.1) is 0 Å². The number of urea groups is 1. The summed E-state index contributed by atoms with van der Waals surface area (Å²) in [6.45, 7) is 2.02. The van der Waals surface area contributed by atoms with E-state index < -0.39 is 6.03 Å². The minimum atomic E-state index is -0.473. The molecule has 2 amide bonds. The highest BCUT2D eigenvalue weighted by atomic mass is 31.1. The Kier molecular flexibility index (Phi) is 8.60. The van der Waals surface area contributed by atoms with Crippen molar-refractivity contribution in [3.63, 3.8) is 0 Å². The first kappa shape index (κ1) is 28.2. The number of anilines is 1. The summed E-state index contributed by atoms with van der Waals surface area (Å²) in [4.78, 5) is 51.0. The van der Waals surface area contributed by atoms with Crippen LogP contribution in [0.2, 0.25) is 0 Å². The van der Waals surface area contributed by atoms with Crippen LogP contribution in [0.3, 0.4) is 0 Å². The summed E-state index contributed by atoms with van der Waals surface area (Å²) >= 11 is 0. The fourth-order valence-electron chi connectivity index (χ4n) is 5.03. The van der Waals surface area contributed by atoms with Gasteiger partial charge in [-0.05, 0) is 92.7 Å². The SMILES string of the molecule is CCCCC(=O)C1=C(NC(=O)Nc2ccc(O)cc2)CCc2cc(C(=O)Pc3ccc4c(c3)OC(=O)CC4)ccc21. The minimum absolute atomic E-state index is 0.0442. The minimum Gasteiger partial charge on any atom is -0.508 e. The van der Waals surface area contributed by atoms with Crippen molar-refractivity contribution >= 4 is 48.5 Å². The van der Waals surface area contributed by atoms with Crippen LogP contribution in [-0.4, -0.2) is 28.4 Å². The third kappa shape index (κ3) is 6.72. The Morgan fingerprint density at radius 3 is 2.46 bits per heavy atom. The van der Waals surface area contributed by atoms with E-state index in [-0.39, 0.29) is 31.6 Å². The van der Waals surface area contributed by atoms with E-state index in [9.17, 15) is 24.3 Å². The van der Waals surface area contributed by atoms with Gasteiger partial charge in [-0.15, -0.1) is 0 Å². The summed E-state index contributed by atoms with van der Waals surface area (Å²) in [5, 5.41) is 15.9. The topological polar surface area (TPSA) is 122 Å². The monoisotopic (exact) mass is 570 g/mol. The summed E-state index contributed by atoms with van der Waals surface area (Å²) < 4.78 is 5.34. The number of carbonyl (C=O) groups is 4. The Balaban J connectivity index is 1.37. The molecule has 0 radical (unpaired) electrons. The quantitative estimate of drug-likeness (QED) is 0.133. The molecule has 3 aromatic rings. The molecule has 210 valence electrons. The van der Waals surface area contributed by atoms with Gasteiger partial charge in [0.1, 0.15) is 11.5 Å². The highest BCUT2D eigenvalue weighted by molar-refractivity contribution is 7.66. The van der Waals surface area contributed by atoms with Crippen molar-refractivity contribution in [2.45, 2.75) is 51.9 Å². The third-order valence-corrected chi connectivity index (χ3v) is 8.27. The molecule has 0 fully saturated rings. The number of rotatable bonds is 9. The number of phenolic OH excluding ortho intramolecular Hbond substituents is 1. The Morgan fingerprint density at radius 2 is 1.68 bits per heavy atom. The van der Waals surface area contributed by atoms with Crippen molar-refractivity contribution in [1.82, 2.24) is 5.32 Å². The Bertz CT molecular complexity index is 1560. The van der Waals surface area contributed by atoms with Crippen molar-refractivity contribution in [3.05, 3.63) is 88.6 Å². The number of Topliss-reactive ketones (excluding diaryl/α,β-unsaturated/α-hetero) is 1. The highest BCUT2D eigenvalue weighted by Crippen LogP contribution is 2.34. The lowest BCUT2D eigenvalue weighted by atomic mass is 9.84. The third-order valence-electron chi connectivity index (χ3n) is 7.16. The Labute approximate surface area is 240 Å². The number of ether oxygens (including phenoxy) is 1. The maximum Gasteiger partial charge on any atom is 0.323 e. The lowest BCUT2D eigenvalue weighted by molar-refractivity contribution is -0.135. The van der Waals surface area contributed by atoms with Gasteiger partial charge >= 0.3 is 12.0 Å². The second-order valence-corrected chi connectivity index (χ2v) is 11.4. The number of hydrogen-bond donors (Lipinski definition) is 3. The van der Waals surface area contributed by atoms with Gasteiger partial charge in [-0.1, -0.05) is 37.6 Å². The number of amides is 2. The van der Waals surface area contributed by atoms with Crippen LogP contribution in [0.15, 0.2) is 66.4 Å². The molecule has 0 bridgehead atoms. The summed E-state index contributed by atoms with van der Waals surface area (Å²) in [6.07, 6.45) is 3.97. The number of ketones is 1. The van der Waals surface area contributed by atoms with E-state index in [0.717, 1.165) is 34.8 Å². The normalized spacial score (nSPS) is 14.3. The predicted octanol–water partition coefficient (Wildman–Crippen LogP) is 5.63. The van der Waals surface area contributed by atoms with Gasteiger partial charge in [-0.3, -0.25) is 14.4 Å². The second kappa shape index (κ2) is 12.5. The fraction of sp³-hybridized carbons (Fsp3) is 0.250. The molecule has 2 aliphatic rings. The molecule has 1 aliphatic heterocycles. The molecule has 3 N–H and O–H groups in total. The zero-order chi connectivity index (χ0) is 28.9. The van der Waals surface area contributed by atoms with E-state index in [1.807, 2.05) is 25.1 Å². The summed E-state index contributed by atoms with van der Waals surface area (Å²) in [7, 11) is -0.142. The molecular formula is C32H31N2O6P. The predicted molar refractivity (Wildman–Crippen MR) is 159 cm³/mol. The number of hydrogen-bond acceptors (Lipinski definition) is 6. The van der Waals surface area contributed by atoms with E-state index in [1.165, 1.54) is 12.1 Å². The molecule has 0 aromatic heterocycles. The highest BCUT2D eigenvalue weighted by Gasteiger charge is 2.26. The number of unbranched alkanes of at least 4 members (excludes halogenated alkanes) is 1. The zero-order valence-corrected chi connectivity index (χ0v) is 23.7. The smallest absolute Gasteiger partial charge is 0.323 e. The van der Waals surface area contributed by atoms with Crippen LogP contribution in [0.4, 0.5) is 10.5 Å². The van der Waals surface area contributed by atoms with Crippen LogP contribution in [0.5, 0.6) is 11.5 Å². The number of aryl methyl sites for hydroxylation is 2. The number of aromatic hydroxyl groups is 1. The van der Waals surface area contributed by atoms with Gasteiger partial charge in [0, 0.05) is 28.9 Å². The lowest BCUT2D eigenvalue weighted by Crippen LogP contribution is -2.31. The van der Waals surface area contributed by atoms with Crippen molar-refractivity contribution < 1.29 is 29.0 Å². The molecule has 1 heterocycles. The molecule has 3 aromatic carbocycles. The number of benzene rings is 3. The van der Waals surface area contributed by atoms with Crippen molar-refractivity contribution in [2.24, 2.45) is 0 Å². The fourth-order valence-corrected chi connectivity index (χ4v) is 5.96. The van der Waals surface area contributed by atoms with Gasteiger partial charge in [-0.25, -0.2) is 4.79 Å². The van der Waals surface area contributed by atoms with Gasteiger partial charge in [0.25, 0.3) is 0 Å². The number of allylic oxidation sites excluding steroid dienone is 2. The molecular weight excluding hydrogens is 539 g/mol. The van der Waals surface area contributed by atoms with Crippen LogP contribution in [0.1, 0.15) is 66.1 Å². The molecule has 1 aliphatic carbocycles. The van der Waals surface area contributed by atoms with Crippen LogP contribution >= 0.6 is 8.58 Å². The van der Waals surface area contributed by atoms with E-state index in [0.29, 0.717) is 60.4 Å². The maximum absolute atomic E-state index is 13.3. The lowest BCUT2D eigenvalue weighted by Gasteiger charge is -2.24. The largest absolute Gasteiger partial charge is 0.508 e. The molecule has 0 saturated heterocycles. The van der Waals surface area contributed by atoms with E-state index >= 15 is 0 Å². The first-order chi connectivity index (χ1) is 19.8. The van der Waals surface area contributed by atoms with E-state index in [2.05, 4.69) is 10.6 Å². The van der Waals surface area contributed by atoms with Crippen molar-refractivity contribution in [1.29, 1.82) is 0 Å². The molecule has 0 spiro atoms. The number of nitrogens with one attached hydrogen (secondary N) is 2. The molecule has 1 atom stereocenters. The summed E-state index contributed by atoms with van der Waals surface area (Å²) in [5.41, 5.74) is 4.65. The van der Waals surface area contributed by atoms with Crippen LogP contribution in [0.25, 0.3) is 5.57 Å². The Morgan fingerprint density at radius 1 is 0.902 bits per heavy atom. The van der Waals surface area contributed by atoms with Crippen LogP contribution < -0.4 is 20.7 Å².